The minimum Gasteiger partial charge on any atom is -0.480 e. The fraction of sp³-hybridized carbons (Fsp3) is 0.538. The number of unbranched alkanes of at least 4 members (excludes halogenated alkanes) is 1. The van der Waals surface area contributed by atoms with Crippen LogP contribution in [-0.2, 0) is 25.6 Å². The molecular formula is C26H40N6O6. The molecule has 4 unspecified atom stereocenters. The number of hydrogen-bond acceptors (Lipinski definition) is 7. The van der Waals surface area contributed by atoms with Gasteiger partial charge in [0.2, 0.25) is 17.7 Å². The molecule has 0 aliphatic rings. The van der Waals surface area contributed by atoms with E-state index in [-0.39, 0.29) is 18.8 Å². The number of carbonyl (C=O) groups excluding carboxylic acids is 3. The lowest BCUT2D eigenvalue weighted by Crippen LogP contribution is -2.58. The number of carbonyl (C=O) groups is 4. The second-order valence-corrected chi connectivity index (χ2v) is 9.79. The second-order valence-electron chi connectivity index (χ2n) is 9.79. The lowest BCUT2D eigenvalue weighted by atomic mass is 10.0. The van der Waals surface area contributed by atoms with Gasteiger partial charge < -0.3 is 42.6 Å². The molecule has 1 aromatic carbocycles. The molecule has 1 heterocycles. The maximum atomic E-state index is 13.0. The summed E-state index contributed by atoms with van der Waals surface area (Å²) in [6.07, 6.45) is 3.74. The highest BCUT2D eigenvalue weighted by atomic mass is 16.4. The van der Waals surface area contributed by atoms with Crippen molar-refractivity contribution in [2.75, 3.05) is 13.2 Å². The van der Waals surface area contributed by atoms with Crippen LogP contribution in [0.5, 0.6) is 0 Å². The van der Waals surface area contributed by atoms with E-state index in [1.165, 1.54) is 0 Å². The van der Waals surface area contributed by atoms with Crippen LogP contribution in [0.25, 0.3) is 10.9 Å². The number of aromatic nitrogens is 1. The summed E-state index contributed by atoms with van der Waals surface area (Å²) in [5.41, 5.74) is 12.9. The Morgan fingerprint density at radius 3 is 2.21 bits per heavy atom. The second kappa shape index (κ2) is 15.1. The Morgan fingerprint density at radius 1 is 0.947 bits per heavy atom. The van der Waals surface area contributed by atoms with E-state index in [1.54, 1.807) is 6.20 Å². The van der Waals surface area contributed by atoms with E-state index < -0.39 is 54.5 Å². The predicted molar refractivity (Wildman–Crippen MR) is 143 cm³/mol. The van der Waals surface area contributed by atoms with Gasteiger partial charge >= 0.3 is 5.97 Å². The van der Waals surface area contributed by atoms with Crippen molar-refractivity contribution in [3.63, 3.8) is 0 Å². The molecule has 12 nitrogen and oxygen atoms in total. The Labute approximate surface area is 221 Å². The van der Waals surface area contributed by atoms with Crippen LogP contribution in [0.3, 0.4) is 0 Å². The van der Waals surface area contributed by atoms with Crippen LogP contribution in [0.15, 0.2) is 30.5 Å². The maximum Gasteiger partial charge on any atom is 0.326 e. The number of rotatable bonds is 16. The summed E-state index contributed by atoms with van der Waals surface area (Å²) >= 11 is 0. The minimum atomic E-state index is -1.42. The molecule has 12 heteroatoms. The summed E-state index contributed by atoms with van der Waals surface area (Å²) in [6.45, 7) is 3.46. The summed E-state index contributed by atoms with van der Waals surface area (Å²) < 4.78 is 0. The van der Waals surface area contributed by atoms with Crippen molar-refractivity contribution in [2.45, 2.75) is 70.1 Å². The van der Waals surface area contributed by atoms with Crippen LogP contribution in [0.1, 0.15) is 45.1 Å². The number of aliphatic carboxylic acids is 1. The number of para-hydroxylation sites is 1. The summed E-state index contributed by atoms with van der Waals surface area (Å²) in [4.78, 5) is 53.4. The summed E-state index contributed by atoms with van der Waals surface area (Å²) in [6, 6.07) is 2.83. The Kier molecular flexibility index (Phi) is 12.2. The average Bonchev–Trinajstić information content (AvgIpc) is 3.28. The number of carboxylic acid groups (broad SMARTS) is 1. The fourth-order valence-electron chi connectivity index (χ4n) is 4.08. The number of fused-ring (bicyclic) bond motifs is 1. The quantitative estimate of drug-likeness (QED) is 0.135. The third kappa shape index (κ3) is 9.12. The molecule has 10 N–H and O–H groups in total. The normalized spacial score (nSPS) is 14.5. The SMILES string of the molecule is CC(C)CC(NC(=O)C(N)CCCCN)C(=O)NC(CO)C(=O)NC(Cc1c[nH]c2ccccc12)C(=O)O. The third-order valence-corrected chi connectivity index (χ3v) is 6.18. The fourth-order valence-corrected chi connectivity index (χ4v) is 4.08. The molecule has 0 aliphatic carbocycles. The highest BCUT2D eigenvalue weighted by Crippen LogP contribution is 2.19. The number of H-pyrrole nitrogens is 1. The minimum absolute atomic E-state index is 0.00867. The van der Waals surface area contributed by atoms with Crippen LogP contribution in [0, 0.1) is 5.92 Å². The van der Waals surface area contributed by atoms with E-state index in [4.69, 9.17) is 11.5 Å². The van der Waals surface area contributed by atoms with Gasteiger partial charge in [0.25, 0.3) is 0 Å². The maximum absolute atomic E-state index is 13.0. The van der Waals surface area contributed by atoms with Crippen molar-refractivity contribution in [1.29, 1.82) is 0 Å². The molecule has 0 radical (unpaired) electrons. The first-order chi connectivity index (χ1) is 18.1. The van der Waals surface area contributed by atoms with Crippen molar-refractivity contribution >= 4 is 34.6 Å². The van der Waals surface area contributed by atoms with Crippen molar-refractivity contribution in [3.8, 4) is 0 Å². The lowest BCUT2D eigenvalue weighted by Gasteiger charge is -2.25. The number of nitrogens with one attached hydrogen (secondary N) is 4. The first-order valence-electron chi connectivity index (χ1n) is 12.8. The summed E-state index contributed by atoms with van der Waals surface area (Å²) in [7, 11) is 0. The number of aliphatic hydroxyl groups excluding tert-OH is 1. The van der Waals surface area contributed by atoms with Gasteiger partial charge in [-0.3, -0.25) is 14.4 Å². The number of nitrogens with two attached hydrogens (primary N) is 2. The summed E-state index contributed by atoms with van der Waals surface area (Å²) in [5.74, 6) is -3.29. The Morgan fingerprint density at radius 2 is 1.58 bits per heavy atom. The van der Waals surface area contributed by atoms with E-state index in [9.17, 15) is 29.4 Å². The molecule has 2 aromatic rings. The number of benzene rings is 1. The molecular weight excluding hydrogens is 492 g/mol. The largest absolute Gasteiger partial charge is 0.480 e. The molecule has 4 atom stereocenters. The van der Waals surface area contributed by atoms with Gasteiger partial charge in [0.15, 0.2) is 0 Å². The van der Waals surface area contributed by atoms with Gasteiger partial charge in [0.05, 0.1) is 12.6 Å². The Balaban J connectivity index is 2.06. The molecule has 0 bridgehead atoms. The van der Waals surface area contributed by atoms with E-state index in [1.807, 2.05) is 38.1 Å². The zero-order valence-electron chi connectivity index (χ0n) is 21.9. The molecule has 1 aromatic heterocycles. The van der Waals surface area contributed by atoms with Crippen LogP contribution >= 0.6 is 0 Å². The van der Waals surface area contributed by atoms with Gasteiger partial charge in [-0.25, -0.2) is 4.79 Å². The number of aromatic amines is 1. The van der Waals surface area contributed by atoms with Crippen molar-refractivity contribution < 1.29 is 29.4 Å². The van der Waals surface area contributed by atoms with Crippen LogP contribution in [-0.4, -0.2) is 76.2 Å². The number of carboxylic acids is 1. The third-order valence-electron chi connectivity index (χ3n) is 6.18. The van der Waals surface area contributed by atoms with Crippen molar-refractivity contribution in [3.05, 3.63) is 36.0 Å². The van der Waals surface area contributed by atoms with Crippen LogP contribution in [0.2, 0.25) is 0 Å². The zero-order chi connectivity index (χ0) is 28.2. The Bertz CT molecular complexity index is 1090. The van der Waals surface area contributed by atoms with Crippen LogP contribution < -0.4 is 27.4 Å². The van der Waals surface area contributed by atoms with Crippen LogP contribution in [0.4, 0.5) is 0 Å². The van der Waals surface area contributed by atoms with E-state index >= 15 is 0 Å². The van der Waals surface area contributed by atoms with Crippen molar-refractivity contribution in [1.82, 2.24) is 20.9 Å². The molecule has 0 saturated carbocycles. The number of amides is 3. The molecule has 3 amide bonds. The molecule has 0 fully saturated rings. The monoisotopic (exact) mass is 532 g/mol. The standard InChI is InChI=1S/C26H40N6O6/c1-15(2)11-20(30-23(34)18(28)8-5-6-10-27)24(35)32-22(14-33)25(36)31-21(26(37)38)12-16-13-29-19-9-4-3-7-17(16)19/h3-4,7,9,13,15,18,20-22,29,33H,5-6,8,10-12,14,27-28H2,1-2H3,(H,30,34)(H,31,36)(H,32,35)(H,37,38). The highest BCUT2D eigenvalue weighted by Gasteiger charge is 2.30. The lowest BCUT2D eigenvalue weighted by molar-refractivity contribution is -0.142. The molecule has 0 aliphatic heterocycles. The van der Waals surface area contributed by atoms with Gasteiger partial charge in [-0.05, 0) is 43.4 Å². The Hall–Kier alpha value is -3.48. The predicted octanol–water partition coefficient (Wildman–Crippen LogP) is -0.256. The first kappa shape index (κ1) is 30.7. The van der Waals surface area contributed by atoms with E-state index in [2.05, 4.69) is 20.9 Å². The molecule has 210 valence electrons. The van der Waals surface area contributed by atoms with E-state index in [0.717, 1.165) is 17.3 Å². The van der Waals surface area contributed by atoms with Gasteiger partial charge in [-0.1, -0.05) is 38.5 Å². The van der Waals surface area contributed by atoms with Gasteiger partial charge in [0.1, 0.15) is 18.1 Å². The van der Waals surface area contributed by atoms with Crippen molar-refractivity contribution in [2.24, 2.45) is 17.4 Å². The molecule has 0 spiro atoms. The number of aliphatic hydroxyl groups is 1. The molecule has 38 heavy (non-hydrogen) atoms. The number of hydrogen-bond donors (Lipinski definition) is 8. The van der Waals surface area contributed by atoms with Gasteiger partial charge in [0, 0.05) is 23.5 Å². The smallest absolute Gasteiger partial charge is 0.326 e. The first-order valence-corrected chi connectivity index (χ1v) is 12.8. The average molecular weight is 533 g/mol. The van der Waals surface area contributed by atoms with E-state index in [0.29, 0.717) is 24.9 Å². The zero-order valence-corrected chi connectivity index (χ0v) is 21.9. The molecule has 2 rings (SSSR count). The summed E-state index contributed by atoms with van der Waals surface area (Å²) in [5, 5.41) is 27.8. The van der Waals surface area contributed by atoms with Gasteiger partial charge in [-0.2, -0.15) is 0 Å². The molecule has 0 saturated heterocycles. The topological polar surface area (TPSA) is 213 Å². The highest BCUT2D eigenvalue weighted by molar-refractivity contribution is 5.94. The van der Waals surface area contributed by atoms with Gasteiger partial charge in [-0.15, -0.1) is 0 Å².